The van der Waals surface area contributed by atoms with E-state index >= 15 is 0 Å². The minimum absolute atomic E-state index is 0.0621. The Kier molecular flexibility index (Phi) is 7.80. The minimum atomic E-state index is -0.639. The molecule has 0 spiro atoms. The highest BCUT2D eigenvalue weighted by atomic mass is 35.5. The average Bonchev–Trinajstić information content (AvgIpc) is 2.80. The van der Waals surface area contributed by atoms with E-state index in [2.05, 4.69) is 32.5 Å². The molecular formula is C24H24ClFN6O2. The number of aromatic nitrogens is 2. The van der Waals surface area contributed by atoms with Crippen LogP contribution in [0.2, 0.25) is 5.02 Å². The molecule has 1 heterocycles. The van der Waals surface area contributed by atoms with Gasteiger partial charge in [-0.15, -0.1) is 0 Å². The molecule has 2 aromatic carbocycles. The summed E-state index contributed by atoms with van der Waals surface area (Å²) in [5, 5.41) is 8.48. The van der Waals surface area contributed by atoms with Gasteiger partial charge in [-0.2, -0.15) is 4.98 Å². The monoisotopic (exact) mass is 482 g/mol. The highest BCUT2D eigenvalue weighted by Crippen LogP contribution is 2.29. The maximum atomic E-state index is 14.5. The number of hydrogen-bond donors (Lipinski definition) is 4. The largest absolute Gasteiger partial charge is 0.370 e. The number of halogens is 2. The number of benzene rings is 2. The Balaban J connectivity index is 1.91. The number of carbonyl (C=O) groups excluding carboxylic acids is 2. The quantitative estimate of drug-likeness (QED) is 0.354. The summed E-state index contributed by atoms with van der Waals surface area (Å²) in [4.78, 5) is 31.9. The lowest BCUT2D eigenvalue weighted by Gasteiger charge is -2.15. The van der Waals surface area contributed by atoms with Gasteiger partial charge in [0, 0.05) is 19.2 Å². The van der Waals surface area contributed by atoms with Crippen LogP contribution in [0.5, 0.6) is 0 Å². The molecule has 0 saturated heterocycles. The van der Waals surface area contributed by atoms with Gasteiger partial charge in [0.05, 0.1) is 17.4 Å². The molecule has 0 aliphatic carbocycles. The van der Waals surface area contributed by atoms with E-state index < -0.39 is 17.6 Å². The topological polar surface area (TPSA) is 122 Å². The summed E-state index contributed by atoms with van der Waals surface area (Å²) in [7, 11) is 1.45. The maximum absolute atomic E-state index is 14.5. The summed E-state index contributed by atoms with van der Waals surface area (Å²) in [5.41, 5.74) is 8.68. The van der Waals surface area contributed by atoms with E-state index in [1.165, 1.54) is 31.4 Å². The fraction of sp³-hybridized carbons (Fsp3) is 0.167. The Labute approximate surface area is 201 Å². The molecule has 0 saturated carbocycles. The summed E-state index contributed by atoms with van der Waals surface area (Å²) in [6.45, 7) is 5.86. The zero-order valence-electron chi connectivity index (χ0n) is 18.7. The number of allylic oxidation sites excluding steroid dienone is 1. The number of nitrogens with two attached hydrogens (primary N) is 1. The Morgan fingerprint density at radius 2 is 1.94 bits per heavy atom. The summed E-state index contributed by atoms with van der Waals surface area (Å²) < 4.78 is 14.5. The molecule has 10 heteroatoms. The van der Waals surface area contributed by atoms with Crippen LogP contribution in [0, 0.1) is 5.82 Å². The fourth-order valence-corrected chi connectivity index (χ4v) is 3.43. The van der Waals surface area contributed by atoms with E-state index in [-0.39, 0.29) is 34.5 Å². The molecule has 176 valence electrons. The van der Waals surface area contributed by atoms with Gasteiger partial charge in [0.1, 0.15) is 10.8 Å². The zero-order valence-corrected chi connectivity index (χ0v) is 19.5. The lowest BCUT2D eigenvalue weighted by atomic mass is 9.97. The predicted molar refractivity (Wildman–Crippen MR) is 132 cm³/mol. The fourth-order valence-electron chi connectivity index (χ4n) is 3.29. The summed E-state index contributed by atoms with van der Waals surface area (Å²) >= 11 is 6.23. The SMILES string of the molecule is C=C(C)c1ccc(Nc2ncc(Cl)c(Nc3c(F)cccc3C(=O)NC)n2)cc1CCC(N)=O. The van der Waals surface area contributed by atoms with Crippen molar-refractivity contribution in [3.05, 3.63) is 76.7 Å². The molecule has 0 aliphatic heterocycles. The van der Waals surface area contributed by atoms with Crippen LogP contribution in [0.25, 0.3) is 5.57 Å². The molecule has 3 aromatic rings. The smallest absolute Gasteiger partial charge is 0.253 e. The number of carbonyl (C=O) groups is 2. The van der Waals surface area contributed by atoms with Crippen molar-refractivity contribution >= 4 is 52.1 Å². The molecule has 34 heavy (non-hydrogen) atoms. The normalized spacial score (nSPS) is 10.5. The summed E-state index contributed by atoms with van der Waals surface area (Å²) in [6.07, 6.45) is 2.01. The minimum Gasteiger partial charge on any atom is -0.370 e. The lowest BCUT2D eigenvalue weighted by molar-refractivity contribution is -0.117. The van der Waals surface area contributed by atoms with Crippen molar-refractivity contribution < 1.29 is 14.0 Å². The molecule has 0 aliphatic rings. The van der Waals surface area contributed by atoms with Crippen LogP contribution in [0.4, 0.5) is 27.5 Å². The molecule has 0 atom stereocenters. The van der Waals surface area contributed by atoms with E-state index in [1.807, 2.05) is 25.1 Å². The average molecular weight is 483 g/mol. The third-order valence-corrected chi connectivity index (χ3v) is 5.21. The van der Waals surface area contributed by atoms with Gasteiger partial charge in [-0.05, 0) is 48.7 Å². The van der Waals surface area contributed by atoms with Crippen molar-refractivity contribution in [1.29, 1.82) is 0 Å². The number of para-hydroxylation sites is 1. The number of primary amides is 1. The van der Waals surface area contributed by atoms with Gasteiger partial charge < -0.3 is 21.7 Å². The number of nitrogens with zero attached hydrogens (tertiary/aromatic N) is 2. The maximum Gasteiger partial charge on any atom is 0.253 e. The molecule has 8 nitrogen and oxygen atoms in total. The first-order valence-electron chi connectivity index (χ1n) is 10.3. The van der Waals surface area contributed by atoms with Crippen molar-refractivity contribution in [3.8, 4) is 0 Å². The van der Waals surface area contributed by atoms with Gasteiger partial charge in [-0.3, -0.25) is 9.59 Å². The Morgan fingerprint density at radius 1 is 1.18 bits per heavy atom. The molecule has 2 amide bonds. The van der Waals surface area contributed by atoms with Gasteiger partial charge in [0.25, 0.3) is 5.91 Å². The second-order valence-electron chi connectivity index (χ2n) is 7.50. The highest BCUT2D eigenvalue weighted by molar-refractivity contribution is 6.33. The Morgan fingerprint density at radius 3 is 2.62 bits per heavy atom. The molecule has 0 fully saturated rings. The first-order valence-corrected chi connectivity index (χ1v) is 10.7. The van der Waals surface area contributed by atoms with E-state index in [0.29, 0.717) is 12.1 Å². The standard InChI is InChI=1S/C24H24ClFN6O2/c1-13(2)16-9-8-15(11-14(16)7-10-20(27)33)30-24-29-12-18(25)22(32-24)31-21-17(23(34)28-3)5-4-6-19(21)26/h4-6,8-9,11-12H,1,7,10H2,2-3H3,(H2,27,33)(H,28,34)(H2,29,30,31,32). The number of nitrogens with one attached hydrogen (secondary N) is 3. The van der Waals surface area contributed by atoms with Crippen molar-refractivity contribution in [1.82, 2.24) is 15.3 Å². The van der Waals surface area contributed by atoms with Crippen LogP contribution in [0.15, 0.2) is 49.2 Å². The van der Waals surface area contributed by atoms with E-state index in [4.69, 9.17) is 17.3 Å². The number of rotatable bonds is 9. The van der Waals surface area contributed by atoms with Crippen LogP contribution in [0.3, 0.4) is 0 Å². The molecule has 0 radical (unpaired) electrons. The second kappa shape index (κ2) is 10.8. The van der Waals surface area contributed by atoms with Gasteiger partial charge >= 0.3 is 0 Å². The first-order chi connectivity index (χ1) is 16.2. The molecular weight excluding hydrogens is 459 g/mol. The van der Waals surface area contributed by atoms with Crippen LogP contribution in [-0.4, -0.2) is 28.8 Å². The third-order valence-electron chi connectivity index (χ3n) is 4.93. The molecule has 0 bridgehead atoms. The van der Waals surface area contributed by atoms with Gasteiger partial charge in [-0.25, -0.2) is 9.37 Å². The number of amides is 2. The Hall–Kier alpha value is -3.98. The van der Waals surface area contributed by atoms with E-state index in [0.717, 1.165) is 16.7 Å². The molecule has 0 unspecified atom stereocenters. The Bertz CT molecular complexity index is 1260. The highest BCUT2D eigenvalue weighted by Gasteiger charge is 2.17. The van der Waals surface area contributed by atoms with Gasteiger partial charge in [0.2, 0.25) is 11.9 Å². The zero-order chi connectivity index (χ0) is 24.8. The number of anilines is 4. The third kappa shape index (κ3) is 5.87. The van der Waals surface area contributed by atoms with Gasteiger partial charge in [-0.1, -0.05) is 35.9 Å². The van der Waals surface area contributed by atoms with Crippen LogP contribution in [-0.2, 0) is 11.2 Å². The summed E-state index contributed by atoms with van der Waals surface area (Å²) in [5.74, 6) is -1.20. The molecule has 5 N–H and O–H groups in total. The molecule has 3 rings (SSSR count). The predicted octanol–water partition coefficient (Wildman–Crippen LogP) is 4.57. The van der Waals surface area contributed by atoms with E-state index in [1.54, 1.807) is 0 Å². The second-order valence-corrected chi connectivity index (χ2v) is 7.91. The number of aryl methyl sites for hydroxylation is 1. The van der Waals surface area contributed by atoms with Crippen LogP contribution < -0.4 is 21.7 Å². The van der Waals surface area contributed by atoms with Crippen LogP contribution >= 0.6 is 11.6 Å². The first kappa shape index (κ1) is 24.7. The van der Waals surface area contributed by atoms with Gasteiger partial charge in [0.15, 0.2) is 5.82 Å². The van der Waals surface area contributed by atoms with Crippen LogP contribution in [0.1, 0.15) is 34.8 Å². The summed E-state index contributed by atoms with van der Waals surface area (Å²) in [6, 6.07) is 9.70. The van der Waals surface area contributed by atoms with Crippen molar-refractivity contribution in [2.75, 3.05) is 17.7 Å². The van der Waals surface area contributed by atoms with Crippen molar-refractivity contribution in [3.63, 3.8) is 0 Å². The number of hydrogen-bond acceptors (Lipinski definition) is 6. The lowest BCUT2D eigenvalue weighted by Crippen LogP contribution is -2.19. The van der Waals surface area contributed by atoms with Crippen molar-refractivity contribution in [2.45, 2.75) is 19.8 Å². The van der Waals surface area contributed by atoms with E-state index in [9.17, 15) is 14.0 Å². The van der Waals surface area contributed by atoms with Crippen molar-refractivity contribution in [2.24, 2.45) is 5.73 Å². The molecule has 1 aromatic heterocycles.